The van der Waals surface area contributed by atoms with Gasteiger partial charge in [0.15, 0.2) is 0 Å². The van der Waals surface area contributed by atoms with Crippen molar-refractivity contribution in [1.29, 1.82) is 0 Å². The van der Waals surface area contributed by atoms with E-state index in [9.17, 15) is 0 Å². The Balaban J connectivity index is 0.933. The highest BCUT2D eigenvalue weighted by atomic mass is 15.1. The van der Waals surface area contributed by atoms with E-state index in [-0.39, 0.29) is 10.8 Å². The minimum Gasteiger partial charge on any atom is -0.311 e. The highest BCUT2D eigenvalue weighted by molar-refractivity contribution is 5.86. The van der Waals surface area contributed by atoms with Crippen LogP contribution in [0.3, 0.4) is 0 Å². The smallest absolute Gasteiger partial charge is 0.0465 e. The van der Waals surface area contributed by atoms with Gasteiger partial charge in [0.05, 0.1) is 0 Å². The molecule has 0 amide bonds. The molecule has 0 heterocycles. The average molecular weight is 751 g/mol. The maximum atomic E-state index is 2.59. The fourth-order valence-corrected chi connectivity index (χ4v) is 13.2. The van der Waals surface area contributed by atoms with Gasteiger partial charge in [-0.15, -0.1) is 0 Å². The lowest BCUT2D eigenvalue weighted by Crippen LogP contribution is -2.34. The Morgan fingerprint density at radius 2 is 0.759 bits per heavy atom. The molecule has 0 saturated heterocycles. The minimum absolute atomic E-state index is 0.0232. The molecule has 5 aliphatic rings. The predicted octanol–water partition coefficient (Wildman–Crippen LogP) is 14.8. The zero-order valence-corrected chi connectivity index (χ0v) is 33.2. The summed E-state index contributed by atoms with van der Waals surface area (Å²) in [4.78, 5) is 4.89. The van der Waals surface area contributed by atoms with Gasteiger partial charge >= 0.3 is 0 Å². The summed E-state index contributed by atoms with van der Waals surface area (Å²) in [5, 5.41) is 0. The number of nitrogens with zero attached hydrogens (tertiary/aromatic N) is 2. The molecule has 58 heavy (non-hydrogen) atoms. The summed E-state index contributed by atoms with van der Waals surface area (Å²) in [6.45, 7) is 0. The van der Waals surface area contributed by atoms with Crippen molar-refractivity contribution in [3.63, 3.8) is 0 Å². The Hall–Kier alpha value is -5.86. The fourth-order valence-electron chi connectivity index (χ4n) is 13.2. The van der Waals surface area contributed by atoms with Gasteiger partial charge in [-0.1, -0.05) is 122 Å². The number of benzene rings is 7. The first-order valence-corrected chi connectivity index (χ1v) is 21.9. The van der Waals surface area contributed by atoms with E-state index in [0.29, 0.717) is 5.92 Å². The molecule has 4 fully saturated rings. The highest BCUT2D eigenvalue weighted by Crippen LogP contribution is 2.66. The topological polar surface area (TPSA) is 6.48 Å². The van der Waals surface area contributed by atoms with Crippen molar-refractivity contribution in [2.24, 2.45) is 23.7 Å². The summed E-state index contributed by atoms with van der Waals surface area (Å²) in [5.41, 5.74) is 16.4. The molecule has 7 aromatic rings. The van der Waals surface area contributed by atoms with Crippen LogP contribution in [0.2, 0.25) is 0 Å². The standard InChI is InChI=1S/C56H50N2/c1-4-12-45(13-5-1)57(46-14-6-2-7-15-46)48-28-24-41(25-29-48)55(37-39-20-22-43(55)34-39)42-26-30-49(31-27-42)58(47-16-8-3-9-17-47)50-32-33-52-51-18-10-11-19-53(51)56(54(52)36-50)38-40-21-23-44(56)35-40/h1-19,24-33,36,39-40,43-44H,20-23,34-35,37-38H2. The van der Waals surface area contributed by atoms with Crippen molar-refractivity contribution in [2.45, 2.75) is 62.2 Å². The summed E-state index contributed by atoms with van der Waals surface area (Å²) in [5.74, 6) is 3.05. The quantitative estimate of drug-likeness (QED) is 0.153. The van der Waals surface area contributed by atoms with E-state index >= 15 is 0 Å². The fraction of sp³-hybridized carbons (Fsp3) is 0.250. The van der Waals surface area contributed by atoms with Gasteiger partial charge < -0.3 is 9.80 Å². The van der Waals surface area contributed by atoms with Crippen molar-refractivity contribution in [3.8, 4) is 11.1 Å². The summed E-state index contributed by atoms with van der Waals surface area (Å²) in [6.07, 6.45) is 10.7. The molecule has 284 valence electrons. The second-order valence-electron chi connectivity index (χ2n) is 18.1. The van der Waals surface area contributed by atoms with Crippen LogP contribution in [0.5, 0.6) is 0 Å². The molecule has 0 aliphatic heterocycles. The maximum absolute atomic E-state index is 2.59. The molecular formula is C56H50N2. The van der Waals surface area contributed by atoms with E-state index in [4.69, 9.17) is 0 Å². The Bertz CT molecular complexity index is 2560. The highest BCUT2D eigenvalue weighted by Gasteiger charge is 2.57. The van der Waals surface area contributed by atoms with E-state index in [0.717, 1.165) is 17.8 Å². The predicted molar refractivity (Wildman–Crippen MR) is 240 cm³/mol. The van der Waals surface area contributed by atoms with E-state index in [1.165, 1.54) is 108 Å². The molecule has 2 nitrogen and oxygen atoms in total. The van der Waals surface area contributed by atoms with Crippen molar-refractivity contribution in [2.75, 3.05) is 9.80 Å². The van der Waals surface area contributed by atoms with Gasteiger partial charge in [0.25, 0.3) is 0 Å². The lowest BCUT2D eigenvalue weighted by atomic mass is 9.64. The van der Waals surface area contributed by atoms with Gasteiger partial charge in [0, 0.05) is 45.0 Å². The van der Waals surface area contributed by atoms with Crippen molar-refractivity contribution < 1.29 is 0 Å². The Morgan fingerprint density at radius 3 is 1.24 bits per heavy atom. The monoisotopic (exact) mass is 750 g/mol. The average Bonchev–Trinajstić information content (AvgIpc) is 4.14. The largest absolute Gasteiger partial charge is 0.311 e. The van der Waals surface area contributed by atoms with Crippen molar-refractivity contribution in [1.82, 2.24) is 0 Å². The molecule has 12 rings (SSSR count). The third-order valence-electron chi connectivity index (χ3n) is 15.5. The molecular weight excluding hydrogens is 701 g/mol. The van der Waals surface area contributed by atoms with Gasteiger partial charge in [-0.2, -0.15) is 0 Å². The van der Waals surface area contributed by atoms with E-state index in [2.05, 4.69) is 192 Å². The molecule has 2 heteroatoms. The number of rotatable bonds is 8. The molecule has 6 unspecified atom stereocenters. The van der Waals surface area contributed by atoms with Gasteiger partial charge in [0.2, 0.25) is 0 Å². The zero-order chi connectivity index (χ0) is 38.3. The first-order chi connectivity index (χ1) is 28.7. The summed E-state index contributed by atoms with van der Waals surface area (Å²) in [7, 11) is 0. The Kier molecular flexibility index (Phi) is 7.87. The van der Waals surface area contributed by atoms with Crippen molar-refractivity contribution in [3.05, 3.63) is 204 Å². The van der Waals surface area contributed by atoms with E-state index < -0.39 is 0 Å². The Morgan fingerprint density at radius 1 is 0.345 bits per heavy atom. The lowest BCUT2D eigenvalue weighted by Gasteiger charge is -2.40. The van der Waals surface area contributed by atoms with Crippen LogP contribution in [0.4, 0.5) is 34.1 Å². The molecule has 5 aliphatic carbocycles. The number of para-hydroxylation sites is 3. The molecule has 0 aromatic heterocycles. The van der Waals surface area contributed by atoms with Gasteiger partial charge in [-0.25, -0.2) is 0 Å². The minimum atomic E-state index is 0.0232. The van der Waals surface area contributed by atoms with Gasteiger partial charge in [-0.3, -0.25) is 0 Å². The maximum Gasteiger partial charge on any atom is 0.0465 e. The van der Waals surface area contributed by atoms with E-state index in [1.54, 1.807) is 11.1 Å². The second kappa shape index (κ2) is 13.3. The van der Waals surface area contributed by atoms with Crippen LogP contribution in [-0.4, -0.2) is 0 Å². The molecule has 6 atom stereocenters. The van der Waals surface area contributed by atoms with Crippen LogP contribution in [0.15, 0.2) is 182 Å². The van der Waals surface area contributed by atoms with Crippen LogP contribution in [-0.2, 0) is 10.8 Å². The second-order valence-corrected chi connectivity index (χ2v) is 18.1. The SMILES string of the molecule is c1ccc(N(c2ccccc2)c2ccc(C3(c4ccc(N(c5ccccc5)c5ccc6c(c5)C5(CC7CCC5C7)c5ccccc5-6)cc4)CC4CCC3C4)cc2)cc1. The molecule has 7 aromatic carbocycles. The number of fused-ring (bicyclic) bond motifs is 10. The van der Waals surface area contributed by atoms with Crippen LogP contribution in [0.1, 0.15) is 73.6 Å². The normalized spacial score (nSPS) is 25.9. The first-order valence-electron chi connectivity index (χ1n) is 21.9. The number of hydrogen-bond acceptors (Lipinski definition) is 2. The summed E-state index contributed by atoms with van der Waals surface area (Å²) in [6, 6.07) is 68.8. The Labute approximate surface area is 343 Å². The molecule has 0 radical (unpaired) electrons. The van der Waals surface area contributed by atoms with Crippen LogP contribution >= 0.6 is 0 Å². The number of hydrogen-bond donors (Lipinski definition) is 0. The van der Waals surface area contributed by atoms with Gasteiger partial charge in [-0.05, 0) is 168 Å². The van der Waals surface area contributed by atoms with Gasteiger partial charge in [0.1, 0.15) is 0 Å². The molecule has 4 bridgehead atoms. The van der Waals surface area contributed by atoms with Crippen LogP contribution in [0.25, 0.3) is 11.1 Å². The molecule has 0 N–H and O–H groups in total. The lowest BCUT2D eigenvalue weighted by molar-refractivity contribution is 0.320. The van der Waals surface area contributed by atoms with Crippen LogP contribution in [0, 0.1) is 23.7 Å². The van der Waals surface area contributed by atoms with Crippen molar-refractivity contribution >= 4 is 34.1 Å². The molecule has 1 spiro atoms. The third-order valence-corrected chi connectivity index (χ3v) is 15.5. The first kappa shape index (κ1) is 34.2. The zero-order valence-electron chi connectivity index (χ0n) is 33.2. The van der Waals surface area contributed by atoms with E-state index in [1.807, 2.05) is 0 Å². The molecule has 4 saturated carbocycles. The summed E-state index contributed by atoms with van der Waals surface area (Å²) < 4.78 is 0. The van der Waals surface area contributed by atoms with Crippen LogP contribution < -0.4 is 9.80 Å². The third kappa shape index (κ3) is 5.10. The number of anilines is 6. The summed E-state index contributed by atoms with van der Waals surface area (Å²) >= 11 is 0.